The molecule has 1 fully saturated rings. The van der Waals surface area contributed by atoms with Crippen molar-refractivity contribution in [3.63, 3.8) is 0 Å². The fourth-order valence-electron chi connectivity index (χ4n) is 3.77. The number of nitrogens with zero attached hydrogens (tertiary/aromatic N) is 1. The summed E-state index contributed by atoms with van der Waals surface area (Å²) in [4.78, 5) is 15.3. The predicted molar refractivity (Wildman–Crippen MR) is 104 cm³/mol. The SMILES string of the molecule is Cc1cc(C[NH+]2CC[NH+](CC(=O)Nc3ccc4ccccc4c3)CC2)no1. The lowest BCUT2D eigenvalue weighted by atomic mass is 10.1. The minimum atomic E-state index is 0.0795. The molecule has 2 aromatic carbocycles. The van der Waals surface area contributed by atoms with Crippen LogP contribution in [-0.4, -0.2) is 43.8 Å². The Balaban J connectivity index is 1.26. The Kier molecular flexibility index (Phi) is 5.18. The summed E-state index contributed by atoms with van der Waals surface area (Å²) in [5.74, 6) is 0.940. The van der Waals surface area contributed by atoms with Gasteiger partial charge in [-0.2, -0.15) is 0 Å². The van der Waals surface area contributed by atoms with Crippen molar-refractivity contribution in [3.05, 3.63) is 60.0 Å². The van der Waals surface area contributed by atoms with Crippen LogP contribution in [0.5, 0.6) is 0 Å². The first-order valence-electron chi connectivity index (χ1n) is 9.54. The number of piperazine rings is 1. The number of quaternary nitrogens is 2. The number of benzene rings is 2. The second-order valence-electron chi connectivity index (χ2n) is 7.39. The summed E-state index contributed by atoms with van der Waals surface area (Å²) in [7, 11) is 0. The summed E-state index contributed by atoms with van der Waals surface area (Å²) >= 11 is 0. The second-order valence-corrected chi connectivity index (χ2v) is 7.39. The molecule has 1 aromatic heterocycles. The Morgan fingerprint density at radius 2 is 1.78 bits per heavy atom. The van der Waals surface area contributed by atoms with E-state index in [1.807, 2.05) is 43.3 Å². The van der Waals surface area contributed by atoms with E-state index in [2.05, 4.69) is 22.6 Å². The Bertz CT molecular complexity index is 929. The molecule has 27 heavy (non-hydrogen) atoms. The number of aromatic nitrogens is 1. The molecule has 1 aliphatic rings. The Hall–Kier alpha value is -2.70. The largest absolute Gasteiger partial charge is 0.361 e. The maximum atomic E-state index is 12.4. The first-order chi connectivity index (χ1) is 13.2. The van der Waals surface area contributed by atoms with Gasteiger partial charge in [-0.25, -0.2) is 0 Å². The molecule has 2 heterocycles. The minimum absolute atomic E-state index is 0.0795. The quantitative estimate of drug-likeness (QED) is 0.598. The van der Waals surface area contributed by atoms with Crippen LogP contribution in [0.3, 0.4) is 0 Å². The predicted octanol–water partition coefficient (Wildman–Crippen LogP) is 0.0583. The number of rotatable bonds is 5. The van der Waals surface area contributed by atoms with Crippen LogP contribution in [0.2, 0.25) is 0 Å². The van der Waals surface area contributed by atoms with Crippen molar-refractivity contribution in [1.82, 2.24) is 5.16 Å². The first kappa shape index (κ1) is 17.7. The smallest absolute Gasteiger partial charge is 0.279 e. The highest BCUT2D eigenvalue weighted by Gasteiger charge is 2.25. The number of hydrogen-bond donors (Lipinski definition) is 3. The molecule has 0 radical (unpaired) electrons. The van der Waals surface area contributed by atoms with Crippen LogP contribution in [-0.2, 0) is 11.3 Å². The number of nitrogens with one attached hydrogen (secondary N) is 3. The van der Waals surface area contributed by atoms with Crippen molar-refractivity contribution in [2.24, 2.45) is 0 Å². The van der Waals surface area contributed by atoms with Crippen LogP contribution < -0.4 is 15.1 Å². The molecular weight excluding hydrogens is 340 g/mol. The molecule has 0 saturated carbocycles. The lowest BCUT2D eigenvalue weighted by molar-refractivity contribution is -1.02. The number of carbonyl (C=O) groups excluding carboxylic acids is 1. The Morgan fingerprint density at radius 1 is 1.04 bits per heavy atom. The van der Waals surface area contributed by atoms with Gasteiger partial charge in [-0.05, 0) is 29.8 Å². The molecule has 0 bridgehead atoms. The van der Waals surface area contributed by atoms with Gasteiger partial charge in [-0.1, -0.05) is 35.5 Å². The Labute approximate surface area is 158 Å². The maximum Gasteiger partial charge on any atom is 0.279 e. The van der Waals surface area contributed by atoms with E-state index >= 15 is 0 Å². The van der Waals surface area contributed by atoms with E-state index in [9.17, 15) is 4.79 Å². The monoisotopic (exact) mass is 366 g/mol. The maximum absolute atomic E-state index is 12.4. The van der Waals surface area contributed by atoms with E-state index < -0.39 is 0 Å². The minimum Gasteiger partial charge on any atom is -0.361 e. The average Bonchev–Trinajstić information content (AvgIpc) is 3.08. The first-order valence-corrected chi connectivity index (χ1v) is 9.54. The zero-order chi connectivity index (χ0) is 18.6. The molecular formula is C21H26N4O2+2. The van der Waals surface area contributed by atoms with Crippen LogP contribution in [0.25, 0.3) is 10.8 Å². The summed E-state index contributed by atoms with van der Waals surface area (Å²) in [6.07, 6.45) is 0. The number of fused-ring (bicyclic) bond motifs is 1. The average molecular weight is 366 g/mol. The number of aryl methyl sites for hydroxylation is 1. The van der Waals surface area contributed by atoms with E-state index in [1.54, 1.807) is 0 Å². The fourth-order valence-corrected chi connectivity index (χ4v) is 3.77. The molecule has 140 valence electrons. The summed E-state index contributed by atoms with van der Waals surface area (Å²) in [6.45, 7) is 7.42. The van der Waals surface area contributed by atoms with Crippen molar-refractivity contribution >= 4 is 22.4 Å². The molecule has 0 aliphatic carbocycles. The van der Waals surface area contributed by atoms with Gasteiger partial charge in [0.2, 0.25) is 0 Å². The zero-order valence-electron chi connectivity index (χ0n) is 15.6. The van der Waals surface area contributed by atoms with Crippen LogP contribution in [0.4, 0.5) is 5.69 Å². The highest BCUT2D eigenvalue weighted by atomic mass is 16.5. The van der Waals surface area contributed by atoms with Gasteiger partial charge in [0.15, 0.2) is 6.54 Å². The lowest BCUT2D eigenvalue weighted by Gasteiger charge is -2.28. The molecule has 3 N–H and O–H groups in total. The molecule has 6 heteroatoms. The van der Waals surface area contributed by atoms with E-state index in [4.69, 9.17) is 4.52 Å². The zero-order valence-corrected chi connectivity index (χ0v) is 15.6. The molecule has 4 rings (SSSR count). The third-order valence-corrected chi connectivity index (χ3v) is 5.22. The van der Waals surface area contributed by atoms with Gasteiger partial charge in [0.25, 0.3) is 5.91 Å². The molecule has 0 unspecified atom stereocenters. The van der Waals surface area contributed by atoms with Crippen LogP contribution in [0.15, 0.2) is 53.1 Å². The van der Waals surface area contributed by atoms with E-state index in [1.165, 1.54) is 15.2 Å². The van der Waals surface area contributed by atoms with Crippen LogP contribution >= 0.6 is 0 Å². The molecule has 0 atom stereocenters. The van der Waals surface area contributed by atoms with Crippen molar-refractivity contribution in [3.8, 4) is 0 Å². The topological polar surface area (TPSA) is 64.0 Å². The summed E-state index contributed by atoms with van der Waals surface area (Å²) in [5, 5.41) is 9.45. The second kappa shape index (κ2) is 7.90. The van der Waals surface area contributed by atoms with Gasteiger partial charge < -0.3 is 19.6 Å². The molecule has 3 aromatic rings. The molecule has 6 nitrogen and oxygen atoms in total. The van der Waals surface area contributed by atoms with Gasteiger partial charge in [-0.15, -0.1) is 0 Å². The Morgan fingerprint density at radius 3 is 2.52 bits per heavy atom. The standard InChI is InChI=1S/C21H24N4O2/c1-16-12-20(23-27-16)14-24-8-10-25(11-9-24)15-21(26)22-19-7-6-17-4-2-3-5-18(17)13-19/h2-7,12-13H,8-11,14-15H2,1H3,(H,22,26)/p+2. The lowest BCUT2D eigenvalue weighted by Crippen LogP contribution is -3.28. The van der Waals surface area contributed by atoms with Crippen molar-refractivity contribution in [1.29, 1.82) is 0 Å². The normalized spacial score (nSPS) is 19.9. The highest BCUT2D eigenvalue weighted by molar-refractivity contribution is 5.94. The fraction of sp³-hybridized carbons (Fsp3) is 0.333. The number of anilines is 1. The van der Waals surface area contributed by atoms with Crippen LogP contribution in [0.1, 0.15) is 11.5 Å². The number of carbonyl (C=O) groups is 1. The van der Waals surface area contributed by atoms with Crippen LogP contribution in [0, 0.1) is 6.92 Å². The molecule has 1 amide bonds. The van der Waals surface area contributed by atoms with Crippen molar-refractivity contribution < 1.29 is 19.1 Å². The van der Waals surface area contributed by atoms with Gasteiger partial charge in [0.1, 0.15) is 44.2 Å². The summed E-state index contributed by atoms with van der Waals surface area (Å²) < 4.78 is 5.14. The molecule has 1 saturated heterocycles. The van der Waals surface area contributed by atoms with E-state index in [0.717, 1.165) is 55.3 Å². The van der Waals surface area contributed by atoms with Gasteiger partial charge >= 0.3 is 0 Å². The van der Waals surface area contributed by atoms with Crippen molar-refractivity contribution in [2.75, 3.05) is 38.0 Å². The molecule has 1 aliphatic heterocycles. The van der Waals surface area contributed by atoms with E-state index in [-0.39, 0.29) is 5.91 Å². The molecule has 0 spiro atoms. The van der Waals surface area contributed by atoms with Crippen molar-refractivity contribution in [2.45, 2.75) is 13.5 Å². The van der Waals surface area contributed by atoms with Gasteiger partial charge in [0, 0.05) is 11.8 Å². The third kappa shape index (κ3) is 4.53. The van der Waals surface area contributed by atoms with Gasteiger partial charge in [0.05, 0.1) is 0 Å². The number of amides is 1. The summed E-state index contributed by atoms with van der Waals surface area (Å²) in [5.41, 5.74) is 1.88. The van der Waals surface area contributed by atoms with Gasteiger partial charge in [-0.3, -0.25) is 4.79 Å². The summed E-state index contributed by atoms with van der Waals surface area (Å²) in [6, 6.07) is 16.2. The number of hydrogen-bond acceptors (Lipinski definition) is 3. The van der Waals surface area contributed by atoms with E-state index in [0.29, 0.717) is 6.54 Å². The third-order valence-electron chi connectivity index (χ3n) is 5.22. The highest BCUT2D eigenvalue weighted by Crippen LogP contribution is 2.18.